The number of ketones is 1. The van der Waals surface area contributed by atoms with Crippen LogP contribution in [-0.2, 0) is 6.18 Å². The summed E-state index contributed by atoms with van der Waals surface area (Å²) in [4.78, 5) is 11.1. The van der Waals surface area contributed by atoms with Crippen molar-refractivity contribution in [1.29, 1.82) is 0 Å². The lowest BCUT2D eigenvalue weighted by Gasteiger charge is -2.20. The fourth-order valence-corrected chi connectivity index (χ4v) is 1.75. The van der Waals surface area contributed by atoms with Crippen molar-refractivity contribution >= 4 is 21.7 Å². The molecule has 0 saturated carbocycles. The summed E-state index contributed by atoms with van der Waals surface area (Å²) in [5.41, 5.74) is -4.15. The maximum absolute atomic E-state index is 13.5. The number of hydrogen-bond acceptors (Lipinski definition) is 1. The maximum atomic E-state index is 13.5. The summed E-state index contributed by atoms with van der Waals surface area (Å²) >= 11 is 2.28. The first-order valence-electron chi connectivity index (χ1n) is 4.75. The highest BCUT2D eigenvalue weighted by atomic mass is 79.9. The van der Waals surface area contributed by atoms with Gasteiger partial charge < -0.3 is 0 Å². The zero-order valence-electron chi connectivity index (χ0n) is 9.34. The molecule has 0 aromatic heterocycles. The fraction of sp³-hybridized carbons (Fsp3) is 0.300. The summed E-state index contributed by atoms with van der Waals surface area (Å²) in [6, 6.07) is 0.452. The van der Waals surface area contributed by atoms with Crippen molar-refractivity contribution in [3.05, 3.63) is 33.5 Å². The van der Waals surface area contributed by atoms with Gasteiger partial charge in [-0.15, -0.1) is 0 Å². The van der Waals surface area contributed by atoms with Crippen molar-refractivity contribution in [1.82, 2.24) is 0 Å². The topological polar surface area (TPSA) is 17.1 Å². The van der Waals surface area contributed by atoms with Gasteiger partial charge >= 0.3 is 18.3 Å². The van der Waals surface area contributed by atoms with Gasteiger partial charge in [-0.25, -0.2) is 4.39 Å². The second-order valence-corrected chi connectivity index (χ2v) is 4.54. The van der Waals surface area contributed by atoms with Gasteiger partial charge in [0.1, 0.15) is 5.82 Å². The van der Waals surface area contributed by atoms with E-state index in [1.54, 1.807) is 0 Å². The van der Waals surface area contributed by atoms with Crippen molar-refractivity contribution in [3.8, 4) is 0 Å². The van der Waals surface area contributed by atoms with Gasteiger partial charge in [-0.2, -0.15) is 35.1 Å². The Bertz CT molecular complexity index is 573. The highest BCUT2D eigenvalue weighted by Gasteiger charge is 2.64. The molecule has 0 aliphatic carbocycles. The van der Waals surface area contributed by atoms with Crippen LogP contribution >= 0.6 is 15.9 Å². The molecule has 0 spiro atoms. The molecule has 0 amide bonds. The number of hydrogen-bond donors (Lipinski definition) is 0. The Morgan fingerprint density at radius 3 is 1.81 bits per heavy atom. The van der Waals surface area contributed by atoms with Crippen LogP contribution in [0, 0.1) is 5.82 Å². The molecule has 0 heterocycles. The SMILES string of the molecule is O=C(c1c(Br)ccc(C(F)(F)F)c1F)C(F)(F)C(F)(F)F. The Hall–Kier alpha value is -1.26. The van der Waals surface area contributed by atoms with E-state index in [0.29, 0.717) is 6.07 Å². The number of halogens is 10. The summed E-state index contributed by atoms with van der Waals surface area (Å²) in [5.74, 6) is -11.7. The number of alkyl halides is 8. The van der Waals surface area contributed by atoms with Gasteiger partial charge in [0.15, 0.2) is 0 Å². The minimum Gasteiger partial charge on any atom is -0.287 e. The van der Waals surface area contributed by atoms with E-state index in [4.69, 9.17) is 0 Å². The van der Waals surface area contributed by atoms with Gasteiger partial charge in [-0.3, -0.25) is 4.79 Å². The second-order valence-electron chi connectivity index (χ2n) is 3.68. The number of carbonyl (C=O) groups excluding carboxylic acids is 1. The zero-order chi connectivity index (χ0) is 16.8. The van der Waals surface area contributed by atoms with Crippen molar-refractivity contribution in [2.45, 2.75) is 18.3 Å². The van der Waals surface area contributed by atoms with E-state index in [9.17, 15) is 44.3 Å². The highest BCUT2D eigenvalue weighted by molar-refractivity contribution is 9.10. The van der Waals surface area contributed by atoms with E-state index >= 15 is 0 Å². The highest BCUT2D eigenvalue weighted by Crippen LogP contribution is 2.41. The van der Waals surface area contributed by atoms with Gasteiger partial charge in [0.25, 0.3) is 0 Å². The monoisotopic (exact) mass is 388 g/mol. The maximum Gasteiger partial charge on any atom is 0.461 e. The van der Waals surface area contributed by atoms with E-state index in [1.807, 2.05) is 0 Å². The van der Waals surface area contributed by atoms with Crippen LogP contribution in [0.4, 0.5) is 39.5 Å². The number of Topliss-reactive ketones (excluding diaryl/α,β-unsaturated/α-hetero) is 1. The van der Waals surface area contributed by atoms with Crippen LogP contribution in [0.15, 0.2) is 16.6 Å². The van der Waals surface area contributed by atoms with E-state index in [2.05, 4.69) is 15.9 Å². The molecular weight excluding hydrogens is 387 g/mol. The number of rotatable bonds is 2. The van der Waals surface area contributed by atoms with Gasteiger partial charge in [0.05, 0.1) is 11.1 Å². The molecule has 118 valence electrons. The van der Waals surface area contributed by atoms with Crippen molar-refractivity contribution < 1.29 is 44.3 Å². The van der Waals surface area contributed by atoms with Crippen LogP contribution in [0.25, 0.3) is 0 Å². The molecule has 1 aromatic rings. The molecule has 11 heteroatoms. The summed E-state index contributed by atoms with van der Waals surface area (Å²) in [5, 5.41) is 0. The van der Waals surface area contributed by atoms with Crippen molar-refractivity contribution in [2.24, 2.45) is 0 Å². The molecule has 1 rings (SSSR count). The predicted octanol–water partition coefficient (Wildman–Crippen LogP) is 4.99. The average Bonchev–Trinajstić information content (AvgIpc) is 2.25. The summed E-state index contributed by atoms with van der Waals surface area (Å²) in [6.45, 7) is 0. The molecule has 0 fully saturated rings. The fourth-order valence-electron chi connectivity index (χ4n) is 1.27. The van der Waals surface area contributed by atoms with E-state index in [0.717, 1.165) is 0 Å². The Kier molecular flexibility index (Phi) is 4.39. The van der Waals surface area contributed by atoms with Crippen LogP contribution in [-0.4, -0.2) is 17.9 Å². The van der Waals surface area contributed by atoms with Gasteiger partial charge in [0.2, 0.25) is 5.78 Å². The summed E-state index contributed by atoms with van der Waals surface area (Å²) in [7, 11) is 0. The number of carbonyl (C=O) groups is 1. The quantitative estimate of drug-likeness (QED) is 0.515. The molecule has 0 bridgehead atoms. The zero-order valence-corrected chi connectivity index (χ0v) is 10.9. The summed E-state index contributed by atoms with van der Waals surface area (Å²) < 4.78 is 112. The molecule has 1 nitrogen and oxygen atoms in total. The Morgan fingerprint density at radius 2 is 1.43 bits per heavy atom. The molecule has 0 saturated heterocycles. The average molecular weight is 389 g/mol. The van der Waals surface area contributed by atoms with E-state index in [-0.39, 0.29) is 6.07 Å². The van der Waals surface area contributed by atoms with Gasteiger partial charge in [-0.1, -0.05) is 0 Å². The van der Waals surface area contributed by atoms with Crippen LogP contribution in [0.5, 0.6) is 0 Å². The van der Waals surface area contributed by atoms with Gasteiger partial charge in [0, 0.05) is 4.47 Å². The van der Waals surface area contributed by atoms with Crippen molar-refractivity contribution in [2.75, 3.05) is 0 Å². The van der Waals surface area contributed by atoms with Crippen LogP contribution in [0.2, 0.25) is 0 Å². The number of benzene rings is 1. The Balaban J connectivity index is 3.55. The third-order valence-corrected chi connectivity index (χ3v) is 2.93. The minimum atomic E-state index is -6.37. The Morgan fingerprint density at radius 1 is 0.952 bits per heavy atom. The molecule has 0 unspecified atom stereocenters. The molecule has 0 atom stereocenters. The lowest BCUT2D eigenvalue weighted by molar-refractivity contribution is -0.255. The largest absolute Gasteiger partial charge is 0.461 e. The smallest absolute Gasteiger partial charge is 0.287 e. The van der Waals surface area contributed by atoms with E-state index in [1.165, 1.54) is 0 Å². The van der Waals surface area contributed by atoms with Crippen LogP contribution in [0.1, 0.15) is 15.9 Å². The third kappa shape index (κ3) is 3.16. The lowest BCUT2D eigenvalue weighted by Crippen LogP contribution is -2.44. The molecule has 1 aromatic carbocycles. The predicted molar refractivity (Wildman–Crippen MR) is 54.4 cm³/mol. The molecule has 0 radical (unpaired) electrons. The van der Waals surface area contributed by atoms with Crippen molar-refractivity contribution in [3.63, 3.8) is 0 Å². The first-order chi connectivity index (χ1) is 9.21. The molecule has 0 N–H and O–H groups in total. The first-order valence-corrected chi connectivity index (χ1v) is 5.55. The van der Waals surface area contributed by atoms with Gasteiger partial charge in [-0.05, 0) is 28.1 Å². The molecule has 0 aliphatic rings. The third-order valence-electron chi connectivity index (χ3n) is 2.26. The second kappa shape index (κ2) is 5.18. The van der Waals surface area contributed by atoms with Crippen LogP contribution < -0.4 is 0 Å². The lowest BCUT2D eigenvalue weighted by atomic mass is 10.0. The normalized spacial score (nSPS) is 13.4. The standard InChI is InChI=1S/C10H2BrF9O/c11-4-2-1-3(9(15,16)17)6(12)5(4)7(21)8(13,14)10(18,19)20/h1-2H. The Labute approximate surface area is 118 Å². The molecular formula is C10H2BrF9O. The minimum absolute atomic E-state index is 0.0991. The molecule has 0 aliphatic heterocycles. The van der Waals surface area contributed by atoms with Crippen LogP contribution in [0.3, 0.4) is 0 Å². The summed E-state index contributed by atoms with van der Waals surface area (Å²) in [6.07, 6.45) is -11.7. The molecule has 21 heavy (non-hydrogen) atoms. The first kappa shape index (κ1) is 17.8. The van der Waals surface area contributed by atoms with E-state index < -0.39 is 45.5 Å².